The SMILES string of the molecule is CN/N=C1\C(=O)C(C2=CCCC=C2)CC1C. The third kappa shape index (κ3) is 1.94. The Hall–Kier alpha value is -1.38. The van der Waals surface area contributed by atoms with Crippen molar-refractivity contribution in [2.45, 2.75) is 26.2 Å². The summed E-state index contributed by atoms with van der Waals surface area (Å²) in [6, 6.07) is 0. The number of hydrogen-bond acceptors (Lipinski definition) is 3. The Bertz CT molecular complexity index is 379. The number of carbonyl (C=O) groups is 1. The minimum absolute atomic E-state index is 0.0404. The van der Waals surface area contributed by atoms with Gasteiger partial charge in [0.1, 0.15) is 5.71 Å². The topological polar surface area (TPSA) is 41.5 Å². The van der Waals surface area contributed by atoms with Crippen LogP contribution in [0.1, 0.15) is 26.2 Å². The van der Waals surface area contributed by atoms with Gasteiger partial charge in [-0.1, -0.05) is 25.2 Å². The molecule has 2 atom stereocenters. The molecule has 2 unspecified atom stereocenters. The van der Waals surface area contributed by atoms with Gasteiger partial charge in [-0.25, -0.2) is 0 Å². The van der Waals surface area contributed by atoms with Crippen LogP contribution in [0.3, 0.4) is 0 Å². The second-order valence-electron chi connectivity index (χ2n) is 4.46. The maximum Gasteiger partial charge on any atom is 0.186 e. The molecule has 0 aromatic rings. The largest absolute Gasteiger partial charge is 0.313 e. The molecular weight excluding hydrogens is 200 g/mol. The fourth-order valence-corrected chi connectivity index (χ4v) is 2.46. The highest BCUT2D eigenvalue weighted by atomic mass is 16.1. The standard InChI is InChI=1S/C13H18N2O/c1-9-8-11(10-6-4-3-5-7-10)13(16)12(9)15-14-2/h4,6-7,9,11,14H,3,5,8H2,1-2H3/b15-12-. The van der Waals surface area contributed by atoms with Gasteiger partial charge in [-0.05, 0) is 24.8 Å². The van der Waals surface area contributed by atoms with E-state index >= 15 is 0 Å². The molecule has 0 spiro atoms. The zero-order valence-corrected chi connectivity index (χ0v) is 9.86. The number of hydrogen-bond donors (Lipinski definition) is 1. The summed E-state index contributed by atoms with van der Waals surface area (Å²) in [5.41, 5.74) is 4.61. The van der Waals surface area contributed by atoms with Gasteiger partial charge in [0.25, 0.3) is 0 Å². The van der Waals surface area contributed by atoms with E-state index < -0.39 is 0 Å². The molecule has 16 heavy (non-hydrogen) atoms. The molecule has 3 heteroatoms. The lowest BCUT2D eigenvalue weighted by molar-refractivity contribution is -0.114. The number of nitrogens with zero attached hydrogens (tertiary/aromatic N) is 1. The average Bonchev–Trinajstić information content (AvgIpc) is 2.59. The van der Waals surface area contributed by atoms with Crippen LogP contribution < -0.4 is 5.43 Å². The summed E-state index contributed by atoms with van der Waals surface area (Å²) in [4.78, 5) is 12.2. The Kier molecular flexibility index (Phi) is 3.22. The molecule has 2 aliphatic carbocycles. The molecule has 0 amide bonds. The highest BCUT2D eigenvalue weighted by Crippen LogP contribution is 2.33. The quantitative estimate of drug-likeness (QED) is 0.721. The Labute approximate surface area is 96.3 Å². The van der Waals surface area contributed by atoms with Gasteiger partial charge >= 0.3 is 0 Å². The summed E-state index contributed by atoms with van der Waals surface area (Å²) in [6.07, 6.45) is 9.49. The number of nitrogens with one attached hydrogen (secondary N) is 1. The Morgan fingerprint density at radius 1 is 1.44 bits per heavy atom. The van der Waals surface area contributed by atoms with E-state index in [1.807, 2.05) is 0 Å². The van der Waals surface area contributed by atoms with Crippen molar-refractivity contribution in [2.75, 3.05) is 7.05 Å². The molecule has 0 bridgehead atoms. The van der Waals surface area contributed by atoms with E-state index in [9.17, 15) is 4.79 Å². The van der Waals surface area contributed by atoms with Crippen molar-refractivity contribution in [3.8, 4) is 0 Å². The number of rotatable bonds is 2. The summed E-state index contributed by atoms with van der Waals surface area (Å²) >= 11 is 0. The van der Waals surface area contributed by atoms with Crippen molar-refractivity contribution in [1.29, 1.82) is 0 Å². The van der Waals surface area contributed by atoms with E-state index in [0.29, 0.717) is 5.71 Å². The monoisotopic (exact) mass is 218 g/mol. The van der Waals surface area contributed by atoms with E-state index in [1.165, 1.54) is 5.57 Å². The van der Waals surface area contributed by atoms with Gasteiger partial charge in [-0.15, -0.1) is 0 Å². The first-order chi connectivity index (χ1) is 7.74. The van der Waals surface area contributed by atoms with Crippen molar-refractivity contribution in [3.05, 3.63) is 23.8 Å². The number of hydrazone groups is 1. The number of Topliss-reactive ketones (excluding diaryl/α,β-unsaturated/α-hetero) is 1. The second kappa shape index (κ2) is 4.64. The lowest BCUT2D eigenvalue weighted by Crippen LogP contribution is -2.19. The average molecular weight is 218 g/mol. The fourth-order valence-electron chi connectivity index (χ4n) is 2.46. The van der Waals surface area contributed by atoms with Crippen LogP contribution in [0.25, 0.3) is 0 Å². The summed E-state index contributed by atoms with van der Waals surface area (Å²) in [5.74, 6) is 0.500. The molecule has 2 aliphatic rings. The van der Waals surface area contributed by atoms with E-state index in [2.05, 4.69) is 35.7 Å². The lowest BCUT2D eigenvalue weighted by atomic mass is 9.91. The third-order valence-electron chi connectivity index (χ3n) is 3.28. The Morgan fingerprint density at radius 2 is 2.25 bits per heavy atom. The molecule has 0 aromatic heterocycles. The molecule has 1 saturated carbocycles. The maximum atomic E-state index is 12.2. The van der Waals surface area contributed by atoms with E-state index in [-0.39, 0.29) is 17.6 Å². The van der Waals surface area contributed by atoms with Gasteiger partial charge in [0.2, 0.25) is 0 Å². The first-order valence-electron chi connectivity index (χ1n) is 5.89. The third-order valence-corrected chi connectivity index (χ3v) is 3.28. The smallest absolute Gasteiger partial charge is 0.186 e. The first kappa shape index (κ1) is 11.1. The van der Waals surface area contributed by atoms with Crippen LogP contribution in [-0.4, -0.2) is 18.5 Å². The summed E-state index contributed by atoms with van der Waals surface area (Å²) in [5, 5.41) is 4.10. The molecule has 0 aliphatic heterocycles. The highest BCUT2D eigenvalue weighted by molar-refractivity contribution is 6.43. The van der Waals surface area contributed by atoms with Gasteiger partial charge < -0.3 is 5.43 Å². The maximum absolute atomic E-state index is 12.2. The summed E-state index contributed by atoms with van der Waals surface area (Å²) in [7, 11) is 1.74. The Morgan fingerprint density at radius 3 is 2.88 bits per heavy atom. The van der Waals surface area contributed by atoms with Crippen LogP contribution >= 0.6 is 0 Å². The second-order valence-corrected chi connectivity index (χ2v) is 4.46. The zero-order chi connectivity index (χ0) is 11.5. The summed E-state index contributed by atoms with van der Waals surface area (Å²) < 4.78 is 0. The van der Waals surface area contributed by atoms with Gasteiger partial charge in [0, 0.05) is 18.9 Å². The Balaban J connectivity index is 2.20. The molecule has 0 heterocycles. The fraction of sp³-hybridized carbons (Fsp3) is 0.538. The minimum atomic E-state index is 0.0404. The van der Waals surface area contributed by atoms with Crippen LogP contribution in [-0.2, 0) is 4.79 Å². The normalized spacial score (nSPS) is 32.0. The van der Waals surface area contributed by atoms with Crippen LogP contribution in [0.5, 0.6) is 0 Å². The van der Waals surface area contributed by atoms with Crippen molar-refractivity contribution in [2.24, 2.45) is 16.9 Å². The molecule has 0 radical (unpaired) electrons. The molecule has 1 N–H and O–H groups in total. The first-order valence-corrected chi connectivity index (χ1v) is 5.89. The van der Waals surface area contributed by atoms with Crippen molar-refractivity contribution >= 4 is 11.5 Å². The van der Waals surface area contributed by atoms with E-state index in [0.717, 1.165) is 19.3 Å². The predicted molar refractivity (Wildman–Crippen MR) is 65.2 cm³/mol. The highest BCUT2D eigenvalue weighted by Gasteiger charge is 2.38. The molecule has 2 rings (SSSR count). The zero-order valence-electron chi connectivity index (χ0n) is 9.86. The van der Waals surface area contributed by atoms with Crippen molar-refractivity contribution in [3.63, 3.8) is 0 Å². The molecule has 86 valence electrons. The van der Waals surface area contributed by atoms with Gasteiger partial charge in [0.15, 0.2) is 5.78 Å². The predicted octanol–water partition coefficient (Wildman–Crippen LogP) is 2.06. The number of ketones is 1. The van der Waals surface area contributed by atoms with E-state index in [1.54, 1.807) is 7.05 Å². The van der Waals surface area contributed by atoms with Crippen LogP contribution in [0.15, 0.2) is 28.9 Å². The van der Waals surface area contributed by atoms with Crippen molar-refractivity contribution in [1.82, 2.24) is 5.43 Å². The minimum Gasteiger partial charge on any atom is -0.313 e. The molecule has 3 nitrogen and oxygen atoms in total. The van der Waals surface area contributed by atoms with E-state index in [4.69, 9.17) is 0 Å². The van der Waals surface area contributed by atoms with Crippen molar-refractivity contribution < 1.29 is 4.79 Å². The van der Waals surface area contributed by atoms with Crippen LogP contribution in [0.2, 0.25) is 0 Å². The molecule has 1 fully saturated rings. The number of carbonyl (C=O) groups excluding carboxylic acids is 1. The molecule has 0 saturated heterocycles. The number of allylic oxidation sites excluding steroid dienone is 4. The van der Waals surface area contributed by atoms with Gasteiger partial charge in [-0.2, -0.15) is 5.10 Å². The van der Waals surface area contributed by atoms with Gasteiger partial charge in [0.05, 0.1) is 0 Å². The molecule has 0 aromatic carbocycles. The summed E-state index contributed by atoms with van der Waals surface area (Å²) in [6.45, 7) is 2.07. The van der Waals surface area contributed by atoms with Crippen LogP contribution in [0, 0.1) is 11.8 Å². The lowest BCUT2D eigenvalue weighted by Gasteiger charge is -2.12. The molecular formula is C13H18N2O. The van der Waals surface area contributed by atoms with Gasteiger partial charge in [-0.3, -0.25) is 4.79 Å². The van der Waals surface area contributed by atoms with Crippen LogP contribution in [0.4, 0.5) is 0 Å².